The van der Waals surface area contributed by atoms with Crippen LogP contribution in [0.2, 0.25) is 5.02 Å². The second-order valence-corrected chi connectivity index (χ2v) is 7.39. The zero-order valence-electron chi connectivity index (χ0n) is 16.1. The Labute approximate surface area is 171 Å². The normalized spacial score (nSPS) is 10.7. The molecule has 0 radical (unpaired) electrons. The van der Waals surface area contributed by atoms with Crippen molar-refractivity contribution in [1.29, 1.82) is 0 Å². The average Bonchev–Trinajstić information content (AvgIpc) is 2.72. The molecule has 0 fully saturated rings. The van der Waals surface area contributed by atoms with Crippen molar-refractivity contribution >= 4 is 23.2 Å². The minimum Gasteiger partial charge on any atom is -0.380 e. The minimum atomic E-state index is -0.0264. The highest BCUT2D eigenvalue weighted by Crippen LogP contribution is 2.17. The fourth-order valence-electron chi connectivity index (χ4n) is 2.89. The molecule has 0 atom stereocenters. The SMILES string of the molecule is CC(C)N(Cc1ccccc1)C(=O)c1cncc(NCc2ccc(Cl)cc2)c1. The van der Waals surface area contributed by atoms with Gasteiger partial charge in [0.15, 0.2) is 0 Å². The van der Waals surface area contributed by atoms with E-state index in [1.54, 1.807) is 12.4 Å². The smallest absolute Gasteiger partial charge is 0.256 e. The third kappa shape index (κ3) is 5.33. The van der Waals surface area contributed by atoms with Gasteiger partial charge in [-0.25, -0.2) is 0 Å². The highest BCUT2D eigenvalue weighted by atomic mass is 35.5. The van der Waals surface area contributed by atoms with Gasteiger partial charge in [-0.15, -0.1) is 0 Å². The number of halogens is 1. The van der Waals surface area contributed by atoms with E-state index in [0.717, 1.165) is 16.8 Å². The van der Waals surface area contributed by atoms with Crippen LogP contribution in [0.15, 0.2) is 73.1 Å². The van der Waals surface area contributed by atoms with Gasteiger partial charge in [0.1, 0.15) is 0 Å². The molecule has 0 aliphatic rings. The van der Waals surface area contributed by atoms with Crippen molar-refractivity contribution in [3.8, 4) is 0 Å². The molecule has 0 spiro atoms. The zero-order chi connectivity index (χ0) is 19.9. The summed E-state index contributed by atoms with van der Waals surface area (Å²) in [7, 11) is 0. The van der Waals surface area contributed by atoms with Crippen LogP contribution in [0.1, 0.15) is 35.3 Å². The van der Waals surface area contributed by atoms with Gasteiger partial charge >= 0.3 is 0 Å². The molecule has 2 aromatic carbocycles. The molecule has 3 aromatic rings. The van der Waals surface area contributed by atoms with Crippen molar-refractivity contribution < 1.29 is 4.79 Å². The van der Waals surface area contributed by atoms with Crippen LogP contribution in [-0.2, 0) is 13.1 Å². The molecule has 0 bridgehead atoms. The maximum absolute atomic E-state index is 13.1. The van der Waals surface area contributed by atoms with E-state index < -0.39 is 0 Å². The molecule has 1 N–H and O–H groups in total. The molecule has 144 valence electrons. The largest absolute Gasteiger partial charge is 0.380 e. The lowest BCUT2D eigenvalue weighted by molar-refractivity contribution is 0.0690. The molecule has 0 saturated carbocycles. The van der Waals surface area contributed by atoms with Crippen LogP contribution < -0.4 is 5.32 Å². The molecular formula is C23H24ClN3O. The van der Waals surface area contributed by atoms with Gasteiger partial charge in [0.25, 0.3) is 5.91 Å². The fourth-order valence-corrected chi connectivity index (χ4v) is 3.02. The van der Waals surface area contributed by atoms with Gasteiger partial charge in [-0.2, -0.15) is 0 Å². The molecule has 1 heterocycles. The summed E-state index contributed by atoms with van der Waals surface area (Å²) >= 11 is 5.93. The number of nitrogens with zero attached hydrogens (tertiary/aromatic N) is 2. The number of hydrogen-bond acceptors (Lipinski definition) is 3. The van der Waals surface area contributed by atoms with E-state index in [1.807, 2.05) is 79.4 Å². The summed E-state index contributed by atoms with van der Waals surface area (Å²) < 4.78 is 0. The molecule has 1 aromatic heterocycles. The summed E-state index contributed by atoms with van der Waals surface area (Å²) in [6.45, 7) is 5.25. The summed E-state index contributed by atoms with van der Waals surface area (Å²) in [6.07, 6.45) is 3.35. The number of rotatable bonds is 7. The maximum atomic E-state index is 13.1. The van der Waals surface area contributed by atoms with E-state index in [2.05, 4.69) is 10.3 Å². The van der Waals surface area contributed by atoms with Crippen LogP contribution in [0, 0.1) is 0 Å². The van der Waals surface area contributed by atoms with Crippen molar-refractivity contribution in [2.45, 2.75) is 33.0 Å². The first-order chi connectivity index (χ1) is 13.5. The predicted octanol–water partition coefficient (Wildman–Crippen LogP) is 5.40. The van der Waals surface area contributed by atoms with Crippen molar-refractivity contribution in [3.63, 3.8) is 0 Å². The van der Waals surface area contributed by atoms with Crippen LogP contribution >= 0.6 is 11.6 Å². The summed E-state index contributed by atoms with van der Waals surface area (Å²) in [5.41, 5.74) is 3.60. The van der Waals surface area contributed by atoms with Gasteiger partial charge in [-0.3, -0.25) is 9.78 Å². The topological polar surface area (TPSA) is 45.2 Å². The monoisotopic (exact) mass is 393 g/mol. The zero-order valence-corrected chi connectivity index (χ0v) is 16.9. The Hall–Kier alpha value is -2.85. The van der Waals surface area contributed by atoms with Crippen LogP contribution in [-0.4, -0.2) is 21.8 Å². The first kappa shape index (κ1) is 19.9. The Morgan fingerprint density at radius 3 is 2.43 bits per heavy atom. The highest BCUT2D eigenvalue weighted by Gasteiger charge is 2.19. The number of pyridine rings is 1. The number of anilines is 1. The standard InChI is InChI=1S/C23H24ClN3O/c1-17(2)27(16-19-6-4-3-5-7-19)23(28)20-12-22(15-25-14-20)26-13-18-8-10-21(24)11-9-18/h3-12,14-15,17,26H,13,16H2,1-2H3. The Morgan fingerprint density at radius 2 is 1.75 bits per heavy atom. The first-order valence-electron chi connectivity index (χ1n) is 9.31. The number of hydrogen-bond donors (Lipinski definition) is 1. The number of aromatic nitrogens is 1. The van der Waals surface area contributed by atoms with Crippen LogP contribution in [0.25, 0.3) is 0 Å². The van der Waals surface area contributed by atoms with Crippen LogP contribution in [0.5, 0.6) is 0 Å². The molecule has 4 nitrogen and oxygen atoms in total. The lowest BCUT2D eigenvalue weighted by Gasteiger charge is -2.27. The second kappa shape index (κ2) is 9.38. The number of carbonyl (C=O) groups excluding carboxylic acids is 1. The quantitative estimate of drug-likeness (QED) is 0.584. The van der Waals surface area contributed by atoms with Gasteiger partial charge in [-0.1, -0.05) is 54.1 Å². The fraction of sp³-hybridized carbons (Fsp3) is 0.217. The lowest BCUT2D eigenvalue weighted by Crippen LogP contribution is -2.36. The summed E-state index contributed by atoms with van der Waals surface area (Å²) in [4.78, 5) is 19.2. The molecule has 0 aliphatic carbocycles. The second-order valence-electron chi connectivity index (χ2n) is 6.95. The van der Waals surface area contributed by atoms with Crippen molar-refractivity contribution in [3.05, 3.63) is 94.8 Å². The Kier molecular flexibility index (Phi) is 6.66. The Bertz CT molecular complexity index is 911. The van der Waals surface area contributed by atoms with E-state index in [-0.39, 0.29) is 11.9 Å². The molecule has 0 saturated heterocycles. The number of carbonyl (C=O) groups is 1. The molecule has 0 aliphatic heterocycles. The molecular weight excluding hydrogens is 370 g/mol. The third-order valence-corrected chi connectivity index (χ3v) is 4.73. The first-order valence-corrected chi connectivity index (χ1v) is 9.69. The van der Waals surface area contributed by atoms with E-state index in [0.29, 0.717) is 23.7 Å². The van der Waals surface area contributed by atoms with E-state index in [4.69, 9.17) is 11.6 Å². The van der Waals surface area contributed by atoms with Gasteiger partial charge in [-0.05, 0) is 43.2 Å². The Balaban J connectivity index is 1.71. The minimum absolute atomic E-state index is 0.0264. The molecule has 5 heteroatoms. The predicted molar refractivity (Wildman–Crippen MR) is 114 cm³/mol. The van der Waals surface area contributed by atoms with Gasteiger partial charge in [0.2, 0.25) is 0 Å². The Morgan fingerprint density at radius 1 is 1.04 bits per heavy atom. The molecule has 1 amide bonds. The van der Waals surface area contributed by atoms with E-state index in [9.17, 15) is 4.79 Å². The van der Waals surface area contributed by atoms with Crippen molar-refractivity contribution in [1.82, 2.24) is 9.88 Å². The molecule has 3 rings (SSSR count). The average molecular weight is 394 g/mol. The lowest BCUT2D eigenvalue weighted by atomic mass is 10.1. The van der Waals surface area contributed by atoms with Crippen molar-refractivity contribution in [2.24, 2.45) is 0 Å². The van der Waals surface area contributed by atoms with Gasteiger partial charge < -0.3 is 10.2 Å². The molecule has 0 unspecified atom stereocenters. The van der Waals surface area contributed by atoms with E-state index in [1.165, 1.54) is 0 Å². The van der Waals surface area contributed by atoms with Gasteiger partial charge in [0, 0.05) is 36.5 Å². The number of amides is 1. The number of nitrogens with one attached hydrogen (secondary N) is 1. The van der Waals surface area contributed by atoms with Crippen molar-refractivity contribution in [2.75, 3.05) is 5.32 Å². The summed E-state index contributed by atoms with van der Waals surface area (Å²) in [5.74, 6) is -0.0264. The van der Waals surface area contributed by atoms with Crippen LogP contribution in [0.3, 0.4) is 0 Å². The summed E-state index contributed by atoms with van der Waals surface area (Å²) in [6, 6.07) is 19.6. The number of benzene rings is 2. The van der Waals surface area contributed by atoms with Gasteiger partial charge in [0.05, 0.1) is 11.3 Å². The summed E-state index contributed by atoms with van der Waals surface area (Å²) in [5, 5.41) is 4.03. The highest BCUT2D eigenvalue weighted by molar-refractivity contribution is 6.30. The van der Waals surface area contributed by atoms with E-state index >= 15 is 0 Å². The maximum Gasteiger partial charge on any atom is 0.256 e. The van der Waals surface area contributed by atoms with Crippen LogP contribution in [0.4, 0.5) is 5.69 Å². The molecule has 28 heavy (non-hydrogen) atoms. The third-order valence-electron chi connectivity index (χ3n) is 4.48.